The van der Waals surface area contributed by atoms with Gasteiger partial charge in [-0.05, 0) is 17.7 Å². The highest BCUT2D eigenvalue weighted by molar-refractivity contribution is 7.94. The number of ether oxygens (including phenoxy) is 2. The van der Waals surface area contributed by atoms with Gasteiger partial charge in [0, 0.05) is 24.4 Å². The normalized spacial score (nSPS) is 23.5. The SMILES string of the molecule is O=S1(=O)C=CC(NCc2ccc3c(c2)OCCCO3)C1. The summed E-state index contributed by atoms with van der Waals surface area (Å²) in [6.45, 7) is 1.93. The molecule has 2 aliphatic rings. The Kier molecular flexibility index (Phi) is 3.67. The maximum Gasteiger partial charge on any atom is 0.173 e. The fourth-order valence-electron chi connectivity index (χ4n) is 2.27. The van der Waals surface area contributed by atoms with Crippen molar-refractivity contribution in [3.63, 3.8) is 0 Å². The van der Waals surface area contributed by atoms with Crippen LogP contribution in [0.1, 0.15) is 12.0 Å². The Morgan fingerprint density at radius 3 is 2.75 bits per heavy atom. The van der Waals surface area contributed by atoms with Gasteiger partial charge in [0.2, 0.25) is 0 Å². The number of fused-ring (bicyclic) bond motifs is 1. The van der Waals surface area contributed by atoms with Crippen LogP contribution >= 0.6 is 0 Å². The lowest BCUT2D eigenvalue weighted by Gasteiger charge is -2.12. The van der Waals surface area contributed by atoms with Gasteiger partial charge in [-0.15, -0.1) is 0 Å². The van der Waals surface area contributed by atoms with Gasteiger partial charge in [0.25, 0.3) is 0 Å². The molecule has 0 amide bonds. The van der Waals surface area contributed by atoms with Gasteiger partial charge in [-0.1, -0.05) is 12.1 Å². The minimum absolute atomic E-state index is 0.115. The molecule has 0 saturated heterocycles. The maximum absolute atomic E-state index is 11.3. The van der Waals surface area contributed by atoms with E-state index in [4.69, 9.17) is 9.47 Å². The largest absolute Gasteiger partial charge is 0.490 e. The Morgan fingerprint density at radius 2 is 2.00 bits per heavy atom. The van der Waals surface area contributed by atoms with Crippen LogP contribution in [-0.2, 0) is 16.4 Å². The van der Waals surface area contributed by atoms with Crippen LogP contribution in [0.5, 0.6) is 11.5 Å². The summed E-state index contributed by atoms with van der Waals surface area (Å²) in [7, 11) is -3.01. The summed E-state index contributed by atoms with van der Waals surface area (Å²) < 4.78 is 33.8. The lowest BCUT2D eigenvalue weighted by Crippen LogP contribution is -2.29. The standard InChI is InChI=1S/C14H17NO4S/c16-20(17)7-4-12(10-20)15-9-11-2-3-13-14(8-11)19-6-1-5-18-13/h2-4,7-8,12,15H,1,5-6,9-10H2. The Balaban J connectivity index is 1.64. The molecule has 0 radical (unpaired) electrons. The van der Waals surface area contributed by atoms with E-state index in [2.05, 4.69) is 5.32 Å². The first-order chi connectivity index (χ1) is 9.62. The van der Waals surface area contributed by atoms with Crippen molar-refractivity contribution in [3.8, 4) is 11.5 Å². The van der Waals surface area contributed by atoms with E-state index in [0.717, 1.165) is 23.5 Å². The van der Waals surface area contributed by atoms with Crippen LogP contribution in [0.2, 0.25) is 0 Å². The van der Waals surface area contributed by atoms with E-state index in [0.29, 0.717) is 19.8 Å². The number of nitrogens with one attached hydrogen (secondary N) is 1. The fourth-order valence-corrected chi connectivity index (χ4v) is 3.54. The van der Waals surface area contributed by atoms with Crippen LogP contribution in [0, 0.1) is 0 Å². The van der Waals surface area contributed by atoms with Crippen molar-refractivity contribution >= 4 is 9.84 Å². The molecule has 20 heavy (non-hydrogen) atoms. The smallest absolute Gasteiger partial charge is 0.173 e. The second-order valence-corrected chi connectivity index (χ2v) is 6.91. The first-order valence-corrected chi connectivity index (χ1v) is 8.37. The van der Waals surface area contributed by atoms with Gasteiger partial charge in [-0.25, -0.2) is 8.42 Å². The first kappa shape index (κ1) is 13.5. The summed E-state index contributed by atoms with van der Waals surface area (Å²) in [5.74, 6) is 1.67. The third-order valence-corrected chi connectivity index (χ3v) is 4.71. The Hall–Kier alpha value is -1.53. The summed E-state index contributed by atoms with van der Waals surface area (Å²) in [4.78, 5) is 0. The van der Waals surface area contributed by atoms with Crippen molar-refractivity contribution in [2.45, 2.75) is 19.0 Å². The molecule has 0 fully saturated rings. The van der Waals surface area contributed by atoms with Crippen molar-refractivity contribution in [2.24, 2.45) is 0 Å². The van der Waals surface area contributed by atoms with Gasteiger partial charge in [0.05, 0.1) is 19.0 Å². The van der Waals surface area contributed by atoms with Crippen molar-refractivity contribution in [3.05, 3.63) is 35.2 Å². The molecule has 108 valence electrons. The average Bonchev–Trinajstić information content (AvgIpc) is 2.63. The molecule has 5 nitrogen and oxygen atoms in total. The average molecular weight is 295 g/mol. The van der Waals surface area contributed by atoms with Gasteiger partial charge < -0.3 is 14.8 Å². The van der Waals surface area contributed by atoms with Crippen molar-refractivity contribution in [1.82, 2.24) is 5.32 Å². The second kappa shape index (κ2) is 5.46. The van der Waals surface area contributed by atoms with E-state index >= 15 is 0 Å². The molecule has 0 aliphatic carbocycles. The molecule has 3 rings (SSSR count). The number of hydrogen-bond donors (Lipinski definition) is 1. The van der Waals surface area contributed by atoms with E-state index in [-0.39, 0.29) is 11.8 Å². The van der Waals surface area contributed by atoms with Crippen LogP contribution in [-0.4, -0.2) is 33.4 Å². The highest BCUT2D eigenvalue weighted by atomic mass is 32.2. The second-order valence-electron chi connectivity index (χ2n) is 4.98. The predicted octanol–water partition coefficient (Wildman–Crippen LogP) is 1.25. The molecule has 0 spiro atoms. The van der Waals surface area contributed by atoms with Gasteiger partial charge in [0.1, 0.15) is 0 Å². The molecular weight excluding hydrogens is 278 g/mol. The van der Waals surface area contributed by atoms with Crippen LogP contribution in [0.15, 0.2) is 29.7 Å². The molecule has 1 unspecified atom stereocenters. The molecule has 1 aromatic rings. The van der Waals surface area contributed by atoms with Crippen LogP contribution < -0.4 is 14.8 Å². The fraction of sp³-hybridized carbons (Fsp3) is 0.429. The van der Waals surface area contributed by atoms with Crippen LogP contribution in [0.4, 0.5) is 0 Å². The number of rotatable bonds is 3. The van der Waals surface area contributed by atoms with Gasteiger partial charge >= 0.3 is 0 Å². The van der Waals surface area contributed by atoms with Gasteiger partial charge in [-0.2, -0.15) is 0 Å². The molecule has 6 heteroatoms. The maximum atomic E-state index is 11.3. The minimum Gasteiger partial charge on any atom is -0.490 e. The van der Waals surface area contributed by atoms with Gasteiger partial charge in [0.15, 0.2) is 21.3 Å². The molecule has 1 N–H and O–H groups in total. The third kappa shape index (κ3) is 3.13. The highest BCUT2D eigenvalue weighted by Gasteiger charge is 2.21. The zero-order chi connectivity index (χ0) is 14.0. The lowest BCUT2D eigenvalue weighted by molar-refractivity contribution is 0.297. The summed E-state index contributed by atoms with van der Waals surface area (Å²) in [5, 5.41) is 4.49. The summed E-state index contributed by atoms with van der Waals surface area (Å²) in [6, 6.07) is 5.70. The topological polar surface area (TPSA) is 64.6 Å². The molecule has 1 aromatic carbocycles. The predicted molar refractivity (Wildman–Crippen MR) is 75.6 cm³/mol. The highest BCUT2D eigenvalue weighted by Crippen LogP contribution is 2.30. The van der Waals surface area contributed by atoms with E-state index in [1.807, 2.05) is 18.2 Å². The molecular formula is C14H17NO4S. The quantitative estimate of drug-likeness (QED) is 0.909. The van der Waals surface area contributed by atoms with Crippen LogP contribution in [0.3, 0.4) is 0 Å². The third-order valence-electron chi connectivity index (χ3n) is 3.31. The monoisotopic (exact) mass is 295 g/mol. The molecule has 1 atom stereocenters. The Labute approximate surface area is 118 Å². The Morgan fingerprint density at radius 1 is 1.20 bits per heavy atom. The zero-order valence-electron chi connectivity index (χ0n) is 11.0. The molecule has 0 saturated carbocycles. The van der Waals surface area contributed by atoms with E-state index in [1.165, 1.54) is 5.41 Å². The number of sulfone groups is 1. The minimum atomic E-state index is -3.01. The van der Waals surface area contributed by atoms with Crippen molar-refractivity contribution < 1.29 is 17.9 Å². The molecule has 0 aromatic heterocycles. The Bertz CT molecular complexity index is 624. The molecule has 2 aliphatic heterocycles. The van der Waals surface area contributed by atoms with Gasteiger partial charge in [-0.3, -0.25) is 0 Å². The van der Waals surface area contributed by atoms with E-state index in [1.54, 1.807) is 6.08 Å². The summed E-state index contributed by atoms with van der Waals surface area (Å²) in [6.07, 6.45) is 2.57. The van der Waals surface area contributed by atoms with E-state index < -0.39 is 9.84 Å². The van der Waals surface area contributed by atoms with Crippen molar-refractivity contribution in [1.29, 1.82) is 0 Å². The summed E-state index contributed by atoms with van der Waals surface area (Å²) in [5.41, 5.74) is 1.05. The molecule has 2 heterocycles. The number of hydrogen-bond acceptors (Lipinski definition) is 5. The van der Waals surface area contributed by atoms with E-state index in [9.17, 15) is 8.42 Å². The zero-order valence-corrected chi connectivity index (χ0v) is 11.9. The molecule has 0 bridgehead atoms. The lowest BCUT2D eigenvalue weighted by atomic mass is 10.2. The number of benzene rings is 1. The van der Waals surface area contributed by atoms with Crippen molar-refractivity contribution in [2.75, 3.05) is 19.0 Å². The van der Waals surface area contributed by atoms with Crippen LogP contribution in [0.25, 0.3) is 0 Å². The first-order valence-electron chi connectivity index (χ1n) is 6.65. The summed E-state index contributed by atoms with van der Waals surface area (Å²) >= 11 is 0.